The summed E-state index contributed by atoms with van der Waals surface area (Å²) in [5.74, 6) is 1.07. The lowest BCUT2D eigenvalue weighted by Gasteiger charge is -2.38. The number of unbranched alkanes of at least 4 members (excludes halogenated alkanes) is 1. The van der Waals surface area contributed by atoms with Crippen LogP contribution in [0.2, 0.25) is 0 Å². The second kappa shape index (κ2) is 9.40. The van der Waals surface area contributed by atoms with Crippen LogP contribution in [0.5, 0.6) is 5.75 Å². The highest BCUT2D eigenvalue weighted by molar-refractivity contribution is 5.95. The second-order valence-corrected chi connectivity index (χ2v) is 9.05. The molecule has 4 aliphatic heterocycles. The number of allylic oxidation sites excluding steroid dienone is 1. The monoisotopic (exact) mass is 440 g/mol. The average molecular weight is 441 g/mol. The minimum Gasteiger partial charge on any atom is -0.369 e. The van der Waals surface area contributed by atoms with Crippen molar-refractivity contribution in [1.29, 1.82) is 0 Å². The zero-order valence-corrected chi connectivity index (χ0v) is 18.6. The van der Waals surface area contributed by atoms with E-state index in [1.165, 1.54) is 11.3 Å². The van der Waals surface area contributed by atoms with Crippen LogP contribution < -0.4 is 9.79 Å². The van der Waals surface area contributed by atoms with E-state index in [2.05, 4.69) is 15.9 Å². The van der Waals surface area contributed by atoms with Gasteiger partial charge in [-0.1, -0.05) is 6.07 Å². The molecule has 0 N–H and O–H groups in total. The molecule has 32 heavy (non-hydrogen) atoms. The number of rotatable bonds is 6. The summed E-state index contributed by atoms with van der Waals surface area (Å²) >= 11 is 0. The molecular formula is C24H32N4O4. The highest BCUT2D eigenvalue weighted by Gasteiger charge is 2.41. The van der Waals surface area contributed by atoms with Gasteiger partial charge in [0.05, 0.1) is 6.54 Å². The highest BCUT2D eigenvalue weighted by Crippen LogP contribution is 2.32. The van der Waals surface area contributed by atoms with E-state index >= 15 is 0 Å². The number of benzene rings is 1. The summed E-state index contributed by atoms with van der Waals surface area (Å²) in [6.45, 7) is 6.75. The minimum absolute atomic E-state index is 0.120. The minimum atomic E-state index is -0.190. The normalized spacial score (nSPS) is 23.5. The van der Waals surface area contributed by atoms with Gasteiger partial charge in [0.2, 0.25) is 11.8 Å². The Labute approximate surface area is 189 Å². The van der Waals surface area contributed by atoms with Gasteiger partial charge in [-0.2, -0.15) is 0 Å². The molecule has 4 heterocycles. The number of fused-ring (bicyclic) bond motifs is 2. The molecule has 0 aromatic heterocycles. The number of hydrogen-bond acceptors (Lipinski definition) is 6. The van der Waals surface area contributed by atoms with Gasteiger partial charge in [-0.15, -0.1) is 0 Å². The van der Waals surface area contributed by atoms with E-state index in [4.69, 9.17) is 9.78 Å². The van der Waals surface area contributed by atoms with E-state index in [1.54, 1.807) is 16.1 Å². The molecule has 3 saturated heterocycles. The van der Waals surface area contributed by atoms with E-state index in [0.717, 1.165) is 77.1 Å². The first-order chi connectivity index (χ1) is 15.7. The van der Waals surface area contributed by atoms with E-state index in [9.17, 15) is 9.59 Å². The molecule has 4 aliphatic rings. The summed E-state index contributed by atoms with van der Waals surface area (Å²) in [6.07, 6.45) is 8.15. The van der Waals surface area contributed by atoms with Crippen molar-refractivity contribution in [3.05, 3.63) is 36.1 Å². The van der Waals surface area contributed by atoms with Crippen LogP contribution in [0.25, 0.3) is 0 Å². The van der Waals surface area contributed by atoms with Gasteiger partial charge in [-0.25, -0.2) is 0 Å². The molecule has 5 rings (SSSR count). The summed E-state index contributed by atoms with van der Waals surface area (Å²) < 4.78 is 0. The Kier molecular flexibility index (Phi) is 6.21. The van der Waals surface area contributed by atoms with Crippen molar-refractivity contribution >= 4 is 17.5 Å². The zero-order chi connectivity index (χ0) is 21.9. The fourth-order valence-corrected chi connectivity index (χ4v) is 5.32. The molecule has 172 valence electrons. The number of carbonyl (C=O) groups excluding carboxylic acids is 2. The first-order valence-electron chi connectivity index (χ1n) is 11.9. The third-order valence-electron chi connectivity index (χ3n) is 7.08. The van der Waals surface area contributed by atoms with Gasteiger partial charge in [0, 0.05) is 50.5 Å². The van der Waals surface area contributed by atoms with Crippen LogP contribution in [0.15, 0.2) is 30.5 Å². The van der Waals surface area contributed by atoms with Crippen molar-refractivity contribution in [2.24, 2.45) is 0 Å². The van der Waals surface area contributed by atoms with E-state index < -0.39 is 0 Å². The maximum absolute atomic E-state index is 12.6. The molecular weight excluding hydrogens is 408 g/mol. The molecule has 1 aromatic rings. The predicted octanol–water partition coefficient (Wildman–Crippen LogP) is 1.80. The largest absolute Gasteiger partial charge is 0.369 e. The van der Waals surface area contributed by atoms with Crippen molar-refractivity contribution in [1.82, 2.24) is 14.7 Å². The number of nitrogens with zero attached hydrogens (tertiary/aromatic N) is 4. The van der Waals surface area contributed by atoms with Crippen LogP contribution in [0, 0.1) is 0 Å². The molecule has 0 saturated carbocycles. The molecule has 0 bridgehead atoms. The van der Waals surface area contributed by atoms with Crippen molar-refractivity contribution in [3.63, 3.8) is 0 Å². The fraction of sp³-hybridized carbons (Fsp3) is 0.583. The molecule has 1 aromatic carbocycles. The van der Waals surface area contributed by atoms with Crippen LogP contribution in [0.1, 0.15) is 31.2 Å². The van der Waals surface area contributed by atoms with Gasteiger partial charge < -0.3 is 14.7 Å². The van der Waals surface area contributed by atoms with Crippen molar-refractivity contribution in [3.8, 4) is 5.75 Å². The van der Waals surface area contributed by atoms with E-state index in [1.807, 2.05) is 18.2 Å². The van der Waals surface area contributed by atoms with E-state index in [-0.39, 0.29) is 24.4 Å². The molecule has 1 atom stereocenters. The molecule has 3 fully saturated rings. The van der Waals surface area contributed by atoms with Gasteiger partial charge in [0.15, 0.2) is 5.75 Å². The van der Waals surface area contributed by atoms with Gasteiger partial charge >= 0.3 is 0 Å². The summed E-state index contributed by atoms with van der Waals surface area (Å²) in [5, 5.41) is 0. The molecule has 8 nitrogen and oxygen atoms in total. The molecule has 0 spiro atoms. The second-order valence-electron chi connectivity index (χ2n) is 9.05. The Morgan fingerprint density at radius 1 is 1.00 bits per heavy atom. The molecule has 8 heteroatoms. The van der Waals surface area contributed by atoms with Crippen LogP contribution in [-0.4, -0.2) is 84.9 Å². The van der Waals surface area contributed by atoms with Crippen molar-refractivity contribution in [2.75, 3.05) is 57.3 Å². The summed E-state index contributed by atoms with van der Waals surface area (Å²) in [7, 11) is 0. The number of piperazine rings is 2. The average Bonchev–Trinajstić information content (AvgIpc) is 3.19. The number of carbonyl (C=O) groups is 2. The third-order valence-corrected chi connectivity index (χ3v) is 7.08. The first kappa shape index (κ1) is 21.1. The molecule has 0 aliphatic carbocycles. The summed E-state index contributed by atoms with van der Waals surface area (Å²) in [4.78, 5) is 43.8. The molecule has 1 unspecified atom stereocenters. The number of hydrogen-bond donors (Lipinski definition) is 0. The van der Waals surface area contributed by atoms with Gasteiger partial charge in [-0.05, 0) is 56.9 Å². The smallest absolute Gasteiger partial charge is 0.245 e. The zero-order valence-electron chi connectivity index (χ0n) is 18.6. The lowest BCUT2D eigenvalue weighted by Crippen LogP contribution is -2.57. The Morgan fingerprint density at radius 2 is 1.84 bits per heavy atom. The van der Waals surface area contributed by atoms with Gasteiger partial charge in [0.25, 0.3) is 0 Å². The van der Waals surface area contributed by atoms with Crippen LogP contribution in [0.3, 0.4) is 0 Å². The maximum atomic E-state index is 12.6. The topological polar surface area (TPSA) is 65.6 Å². The quantitative estimate of drug-likeness (QED) is 0.497. The SMILES string of the molecule is O=C1C2CCCN2C(=O)CN1CCCCN1CCN(c2cccc3c2CC=COO3)CC1. The van der Waals surface area contributed by atoms with E-state index in [0.29, 0.717) is 6.54 Å². The Bertz CT molecular complexity index is 881. The lowest BCUT2D eigenvalue weighted by molar-refractivity contribution is -0.153. The Morgan fingerprint density at radius 3 is 2.72 bits per heavy atom. The molecule has 2 amide bonds. The fourth-order valence-electron chi connectivity index (χ4n) is 5.32. The summed E-state index contributed by atoms with van der Waals surface area (Å²) in [6, 6.07) is 5.95. The summed E-state index contributed by atoms with van der Waals surface area (Å²) in [5.41, 5.74) is 2.41. The van der Waals surface area contributed by atoms with Crippen LogP contribution in [-0.2, 0) is 20.9 Å². The third kappa shape index (κ3) is 4.28. The van der Waals surface area contributed by atoms with Gasteiger partial charge in [-0.3, -0.25) is 24.3 Å². The van der Waals surface area contributed by atoms with Gasteiger partial charge in [0.1, 0.15) is 12.3 Å². The van der Waals surface area contributed by atoms with Crippen molar-refractivity contribution in [2.45, 2.75) is 38.1 Å². The first-order valence-corrected chi connectivity index (χ1v) is 11.9. The maximum Gasteiger partial charge on any atom is 0.245 e. The van der Waals surface area contributed by atoms with Crippen LogP contribution in [0.4, 0.5) is 5.69 Å². The number of anilines is 1. The number of amides is 2. The Hall–Kier alpha value is -2.74. The highest BCUT2D eigenvalue weighted by atomic mass is 17.2. The molecule has 0 radical (unpaired) electrons. The standard InChI is InChI=1S/C24H32N4O4/c29-23-18-27(24(30)21-8-4-12-28(21)23)11-2-1-10-25-13-15-26(16-14-25)20-7-3-9-22-19(20)6-5-17-31-32-22/h3,5,7,9,17,21H,1-2,4,6,8,10-16,18H2. The van der Waals surface area contributed by atoms with Crippen molar-refractivity contribution < 1.29 is 19.4 Å². The van der Waals surface area contributed by atoms with Crippen LogP contribution >= 0.6 is 0 Å². The lowest BCUT2D eigenvalue weighted by atomic mass is 10.1. The Balaban J connectivity index is 1.06. The predicted molar refractivity (Wildman–Crippen MR) is 120 cm³/mol.